The van der Waals surface area contributed by atoms with Crippen LogP contribution in [0.25, 0.3) is 0 Å². The van der Waals surface area contributed by atoms with E-state index < -0.39 is 0 Å². The van der Waals surface area contributed by atoms with Gasteiger partial charge in [0, 0.05) is 41.5 Å². The molecule has 3 aromatic rings. The molecule has 1 aromatic carbocycles. The highest BCUT2D eigenvalue weighted by atomic mass is 35.5. The minimum absolute atomic E-state index is 0.136. The van der Waals surface area contributed by atoms with E-state index in [4.69, 9.17) is 11.6 Å². The predicted molar refractivity (Wildman–Crippen MR) is 117 cm³/mol. The fourth-order valence-electron chi connectivity index (χ4n) is 3.68. The van der Waals surface area contributed by atoms with Crippen LogP contribution in [0.15, 0.2) is 35.5 Å². The lowest BCUT2D eigenvalue weighted by Crippen LogP contribution is -2.09. The minimum Gasteiger partial charge on any atom is -0.348 e. The molecule has 0 N–H and O–H groups in total. The molecule has 0 radical (unpaired) electrons. The maximum absolute atomic E-state index is 12.9. The molecular formula is C22H25ClN4OS. The molecule has 0 aliphatic heterocycles. The molecule has 4 rings (SSSR count). The van der Waals surface area contributed by atoms with E-state index in [2.05, 4.69) is 33.8 Å². The molecule has 0 bridgehead atoms. The van der Waals surface area contributed by atoms with Crippen molar-refractivity contribution in [2.45, 2.75) is 50.7 Å². The number of hydrogen-bond acceptors (Lipinski definition) is 4. The highest BCUT2D eigenvalue weighted by molar-refractivity contribution is 7.99. The van der Waals surface area contributed by atoms with Gasteiger partial charge < -0.3 is 9.13 Å². The molecule has 1 aliphatic carbocycles. The molecule has 0 amide bonds. The number of nitrogens with zero attached hydrogens (tertiary/aromatic N) is 4. The lowest BCUT2D eigenvalue weighted by molar-refractivity contribution is 0.102. The second-order valence-corrected chi connectivity index (χ2v) is 9.08. The Hall–Kier alpha value is -2.05. The molecule has 29 heavy (non-hydrogen) atoms. The van der Waals surface area contributed by atoms with Crippen LogP contribution in [-0.4, -0.2) is 30.9 Å². The molecule has 7 heteroatoms. The van der Waals surface area contributed by atoms with E-state index in [0.717, 1.165) is 45.9 Å². The zero-order chi connectivity index (χ0) is 20.5. The molecule has 1 saturated carbocycles. The first-order valence-electron chi connectivity index (χ1n) is 9.90. The highest BCUT2D eigenvalue weighted by Gasteiger charge is 2.29. The lowest BCUT2D eigenvalue weighted by atomic mass is 10.1. The van der Waals surface area contributed by atoms with E-state index in [1.54, 1.807) is 0 Å². The lowest BCUT2D eigenvalue weighted by Gasteiger charge is -2.10. The molecule has 0 spiro atoms. The molecular weight excluding hydrogens is 404 g/mol. The molecule has 152 valence electrons. The number of benzene rings is 1. The third-order valence-electron chi connectivity index (χ3n) is 5.55. The van der Waals surface area contributed by atoms with Gasteiger partial charge in [-0.1, -0.05) is 35.5 Å². The van der Waals surface area contributed by atoms with Crippen molar-refractivity contribution >= 4 is 29.1 Å². The van der Waals surface area contributed by atoms with Gasteiger partial charge in [-0.05, 0) is 56.9 Å². The SMILES string of the molecule is Cc1cc(C(=O)CSc2nnc(C3CC3)n2C)c(C)n1CCc1ccc(Cl)cc1. The Morgan fingerprint density at radius 3 is 2.62 bits per heavy atom. The van der Waals surface area contributed by atoms with Gasteiger partial charge in [-0.15, -0.1) is 10.2 Å². The van der Waals surface area contributed by atoms with Crippen LogP contribution in [0.1, 0.15) is 51.9 Å². The molecule has 1 aliphatic rings. The summed E-state index contributed by atoms with van der Waals surface area (Å²) in [5, 5.41) is 10.1. The summed E-state index contributed by atoms with van der Waals surface area (Å²) in [4.78, 5) is 12.9. The van der Waals surface area contributed by atoms with Gasteiger partial charge in [-0.2, -0.15) is 0 Å². The Balaban J connectivity index is 1.41. The summed E-state index contributed by atoms with van der Waals surface area (Å²) in [7, 11) is 1.99. The van der Waals surface area contributed by atoms with Crippen molar-refractivity contribution in [3.8, 4) is 0 Å². The van der Waals surface area contributed by atoms with E-state index in [1.807, 2.05) is 36.7 Å². The Morgan fingerprint density at radius 1 is 1.21 bits per heavy atom. The van der Waals surface area contributed by atoms with Crippen LogP contribution in [-0.2, 0) is 20.0 Å². The average Bonchev–Trinajstić information content (AvgIpc) is 3.42. The number of halogens is 1. The number of aryl methyl sites for hydroxylation is 2. The fraction of sp³-hybridized carbons (Fsp3) is 0.409. The van der Waals surface area contributed by atoms with Gasteiger partial charge in [-0.25, -0.2) is 0 Å². The number of thioether (sulfide) groups is 1. The third-order valence-corrected chi connectivity index (χ3v) is 6.83. The second-order valence-electron chi connectivity index (χ2n) is 7.70. The van der Waals surface area contributed by atoms with Crippen LogP contribution in [0.4, 0.5) is 0 Å². The highest BCUT2D eigenvalue weighted by Crippen LogP contribution is 2.39. The van der Waals surface area contributed by atoms with Gasteiger partial charge in [0.25, 0.3) is 0 Å². The van der Waals surface area contributed by atoms with Gasteiger partial charge in [-0.3, -0.25) is 4.79 Å². The quantitative estimate of drug-likeness (QED) is 0.375. The Labute approximate surface area is 180 Å². The minimum atomic E-state index is 0.136. The topological polar surface area (TPSA) is 52.7 Å². The zero-order valence-electron chi connectivity index (χ0n) is 17.0. The summed E-state index contributed by atoms with van der Waals surface area (Å²) < 4.78 is 4.25. The number of Topliss-reactive ketones (excluding diaryl/α,β-unsaturated/α-hetero) is 1. The van der Waals surface area contributed by atoms with E-state index in [1.165, 1.54) is 30.2 Å². The standard InChI is InChI=1S/C22H25ClN4OS/c1-14-12-19(15(2)27(14)11-10-16-4-8-18(23)9-5-16)20(28)13-29-22-25-24-21(26(22)3)17-6-7-17/h4-5,8-9,12,17H,6-7,10-11,13H2,1-3H3. The number of aromatic nitrogens is 4. The van der Waals surface area contributed by atoms with E-state index in [0.29, 0.717) is 11.7 Å². The first-order chi connectivity index (χ1) is 13.9. The monoisotopic (exact) mass is 428 g/mol. The van der Waals surface area contributed by atoms with Crippen LogP contribution in [0.5, 0.6) is 0 Å². The summed E-state index contributed by atoms with van der Waals surface area (Å²) in [6, 6.07) is 9.94. The maximum Gasteiger partial charge on any atom is 0.191 e. The normalized spacial score (nSPS) is 13.8. The molecule has 5 nitrogen and oxygen atoms in total. The molecule has 0 unspecified atom stereocenters. The number of ketones is 1. The first kappa shape index (κ1) is 20.2. The third kappa shape index (κ3) is 4.43. The van der Waals surface area contributed by atoms with E-state index in [9.17, 15) is 4.79 Å². The molecule has 0 saturated heterocycles. The second kappa shape index (κ2) is 8.36. The Bertz CT molecular complexity index is 1030. The van der Waals surface area contributed by atoms with Gasteiger partial charge in [0.2, 0.25) is 0 Å². The Kier molecular flexibility index (Phi) is 5.83. The van der Waals surface area contributed by atoms with Crippen molar-refractivity contribution in [3.05, 3.63) is 63.7 Å². The number of rotatable bonds is 8. The summed E-state index contributed by atoms with van der Waals surface area (Å²) in [6.07, 6.45) is 3.29. The largest absolute Gasteiger partial charge is 0.348 e. The average molecular weight is 429 g/mol. The van der Waals surface area contributed by atoms with Crippen molar-refractivity contribution in [2.24, 2.45) is 7.05 Å². The van der Waals surface area contributed by atoms with Crippen molar-refractivity contribution in [1.82, 2.24) is 19.3 Å². The zero-order valence-corrected chi connectivity index (χ0v) is 18.6. The Morgan fingerprint density at radius 2 is 1.93 bits per heavy atom. The molecule has 2 aromatic heterocycles. The van der Waals surface area contributed by atoms with Gasteiger partial charge >= 0.3 is 0 Å². The number of carbonyl (C=O) groups is 1. The molecule has 0 atom stereocenters. The first-order valence-corrected chi connectivity index (χ1v) is 11.3. The summed E-state index contributed by atoms with van der Waals surface area (Å²) in [5.41, 5.74) is 4.17. The van der Waals surface area contributed by atoms with Crippen LogP contribution in [0.2, 0.25) is 5.02 Å². The number of hydrogen-bond donors (Lipinski definition) is 0. The maximum atomic E-state index is 12.9. The summed E-state index contributed by atoms with van der Waals surface area (Å²) in [6.45, 7) is 4.93. The van der Waals surface area contributed by atoms with Gasteiger partial charge in [0.1, 0.15) is 5.82 Å². The predicted octanol–water partition coefficient (Wildman–Crippen LogP) is 4.98. The van der Waals surface area contributed by atoms with Crippen molar-refractivity contribution in [2.75, 3.05) is 5.75 Å². The summed E-state index contributed by atoms with van der Waals surface area (Å²) >= 11 is 7.44. The van der Waals surface area contributed by atoms with Gasteiger partial charge in [0.05, 0.1) is 5.75 Å². The fourth-order valence-corrected chi connectivity index (χ4v) is 4.60. The summed E-state index contributed by atoms with van der Waals surface area (Å²) in [5.74, 6) is 2.10. The molecule has 1 fully saturated rings. The van der Waals surface area contributed by atoms with Crippen LogP contribution < -0.4 is 0 Å². The van der Waals surface area contributed by atoms with Crippen LogP contribution >= 0.6 is 23.4 Å². The van der Waals surface area contributed by atoms with E-state index in [-0.39, 0.29) is 5.78 Å². The smallest absolute Gasteiger partial charge is 0.191 e. The number of carbonyl (C=O) groups excluding carboxylic acids is 1. The van der Waals surface area contributed by atoms with E-state index >= 15 is 0 Å². The van der Waals surface area contributed by atoms with Crippen molar-refractivity contribution in [3.63, 3.8) is 0 Å². The van der Waals surface area contributed by atoms with Crippen LogP contribution in [0.3, 0.4) is 0 Å². The molecule has 2 heterocycles. The van der Waals surface area contributed by atoms with Crippen molar-refractivity contribution < 1.29 is 4.79 Å². The van der Waals surface area contributed by atoms with Crippen LogP contribution in [0, 0.1) is 13.8 Å². The van der Waals surface area contributed by atoms with Gasteiger partial charge in [0.15, 0.2) is 10.9 Å². The van der Waals surface area contributed by atoms with Crippen molar-refractivity contribution in [1.29, 1.82) is 0 Å².